The van der Waals surface area contributed by atoms with E-state index >= 15 is 0 Å². The van der Waals surface area contributed by atoms with Gasteiger partial charge in [-0.2, -0.15) is 5.10 Å². The molecule has 0 radical (unpaired) electrons. The van der Waals surface area contributed by atoms with E-state index in [0.717, 1.165) is 45.2 Å². The maximum Gasteiger partial charge on any atom is 0.255 e. The van der Waals surface area contributed by atoms with Crippen LogP contribution in [0.15, 0.2) is 36.4 Å². The van der Waals surface area contributed by atoms with E-state index in [-0.39, 0.29) is 5.91 Å². The molecule has 0 unspecified atom stereocenters. The van der Waals surface area contributed by atoms with E-state index in [0.29, 0.717) is 18.9 Å². The third kappa shape index (κ3) is 4.12. The highest BCUT2D eigenvalue weighted by molar-refractivity contribution is 14.1. The summed E-state index contributed by atoms with van der Waals surface area (Å²) in [6.07, 6.45) is 0. The molecule has 1 aliphatic heterocycles. The fraction of sp³-hybridized carbons (Fsp3) is 0.333. The average molecular weight is 502 g/mol. The molecular weight excluding hydrogens is 479 g/mol. The van der Waals surface area contributed by atoms with E-state index < -0.39 is 0 Å². The van der Waals surface area contributed by atoms with Crippen molar-refractivity contribution in [2.45, 2.75) is 20.8 Å². The van der Waals surface area contributed by atoms with Gasteiger partial charge in [0.25, 0.3) is 5.91 Å². The van der Waals surface area contributed by atoms with Crippen molar-refractivity contribution in [2.24, 2.45) is 0 Å². The Balaban J connectivity index is 1.51. The fourth-order valence-corrected chi connectivity index (χ4v) is 4.23. The number of hydrogen-bond acceptors (Lipinski definition) is 5. The first-order chi connectivity index (χ1) is 13.9. The van der Waals surface area contributed by atoms with Crippen LogP contribution in [0.5, 0.6) is 0 Å². The molecule has 3 aromatic rings. The number of nitrogens with zero attached hydrogens (tertiary/aromatic N) is 6. The Hall–Kier alpha value is -2.49. The highest BCUT2D eigenvalue weighted by Crippen LogP contribution is 2.20. The second kappa shape index (κ2) is 8.10. The molecule has 0 saturated carbocycles. The van der Waals surface area contributed by atoms with Gasteiger partial charge >= 0.3 is 0 Å². The minimum absolute atomic E-state index is 0.0943. The van der Waals surface area contributed by atoms with Gasteiger partial charge in [-0.15, -0.1) is 0 Å². The predicted octanol–water partition coefficient (Wildman–Crippen LogP) is 3.15. The highest BCUT2D eigenvalue weighted by Gasteiger charge is 2.24. The number of anilines is 1. The van der Waals surface area contributed by atoms with Crippen LogP contribution >= 0.6 is 22.6 Å². The normalized spacial score (nSPS) is 14.3. The lowest BCUT2D eigenvalue weighted by Crippen LogP contribution is -2.49. The van der Waals surface area contributed by atoms with Gasteiger partial charge in [0.05, 0.1) is 11.3 Å². The third-order valence-corrected chi connectivity index (χ3v) is 5.97. The fourth-order valence-electron chi connectivity index (χ4n) is 3.61. The van der Waals surface area contributed by atoms with E-state index in [1.54, 1.807) is 0 Å². The van der Waals surface area contributed by atoms with Crippen molar-refractivity contribution >= 4 is 34.3 Å². The van der Waals surface area contributed by atoms with Gasteiger partial charge in [-0.25, -0.2) is 14.6 Å². The first kappa shape index (κ1) is 19.8. The molecule has 29 heavy (non-hydrogen) atoms. The molecule has 0 aliphatic carbocycles. The van der Waals surface area contributed by atoms with Gasteiger partial charge in [0, 0.05) is 41.5 Å². The molecule has 1 fully saturated rings. The Morgan fingerprint density at radius 1 is 0.966 bits per heavy atom. The summed E-state index contributed by atoms with van der Waals surface area (Å²) in [5.41, 5.74) is 2.77. The van der Waals surface area contributed by atoms with E-state index in [2.05, 4.69) is 42.6 Å². The molecule has 1 amide bonds. The summed E-state index contributed by atoms with van der Waals surface area (Å²) in [5.74, 6) is 2.45. The number of hydrogen-bond donors (Lipinski definition) is 0. The molecule has 0 atom stereocenters. The van der Waals surface area contributed by atoms with Crippen molar-refractivity contribution in [2.75, 3.05) is 31.1 Å². The summed E-state index contributed by atoms with van der Waals surface area (Å²) >= 11 is 2.22. The summed E-state index contributed by atoms with van der Waals surface area (Å²) in [7, 11) is 0. The molecule has 0 N–H and O–H groups in total. The Kier molecular flexibility index (Phi) is 5.53. The lowest BCUT2D eigenvalue weighted by molar-refractivity contribution is 0.0745. The first-order valence-corrected chi connectivity index (χ1v) is 10.7. The molecule has 1 aromatic carbocycles. The van der Waals surface area contributed by atoms with Crippen LogP contribution in [0.4, 0.5) is 5.82 Å². The maximum absolute atomic E-state index is 12.9. The van der Waals surface area contributed by atoms with E-state index in [1.165, 1.54) is 0 Å². The number of amides is 1. The smallest absolute Gasteiger partial charge is 0.255 e. The summed E-state index contributed by atoms with van der Waals surface area (Å²) in [6.45, 7) is 8.71. The van der Waals surface area contributed by atoms with Gasteiger partial charge in [0.1, 0.15) is 11.6 Å². The molecule has 1 saturated heterocycles. The maximum atomic E-state index is 12.9. The summed E-state index contributed by atoms with van der Waals surface area (Å²) in [5, 5.41) is 4.54. The van der Waals surface area contributed by atoms with Crippen molar-refractivity contribution in [3.05, 3.63) is 62.7 Å². The number of rotatable bonds is 3. The van der Waals surface area contributed by atoms with Crippen molar-refractivity contribution in [1.82, 2.24) is 24.6 Å². The number of carbonyl (C=O) groups excluding carboxylic acids is 1. The minimum Gasteiger partial charge on any atom is -0.353 e. The largest absolute Gasteiger partial charge is 0.353 e. The zero-order valence-electron chi connectivity index (χ0n) is 16.8. The number of piperazine rings is 1. The molecule has 2 aromatic heterocycles. The molecule has 150 valence electrons. The average Bonchev–Trinajstić information content (AvgIpc) is 3.05. The van der Waals surface area contributed by atoms with Gasteiger partial charge in [-0.1, -0.05) is 12.1 Å². The second-order valence-corrected chi connectivity index (χ2v) is 8.39. The molecule has 3 heterocycles. The zero-order valence-corrected chi connectivity index (χ0v) is 18.9. The topological polar surface area (TPSA) is 67.2 Å². The van der Waals surface area contributed by atoms with Crippen LogP contribution in [0.1, 0.15) is 27.6 Å². The summed E-state index contributed by atoms with van der Waals surface area (Å²) in [4.78, 5) is 26.2. The monoisotopic (exact) mass is 502 g/mol. The number of aryl methyl sites for hydroxylation is 3. The molecule has 8 heteroatoms. The lowest BCUT2D eigenvalue weighted by atomic mass is 10.2. The van der Waals surface area contributed by atoms with Gasteiger partial charge in [0.2, 0.25) is 0 Å². The van der Waals surface area contributed by atoms with Crippen LogP contribution in [0.25, 0.3) is 5.82 Å². The van der Waals surface area contributed by atoms with Crippen molar-refractivity contribution in [3.63, 3.8) is 0 Å². The number of halogens is 1. The van der Waals surface area contributed by atoms with E-state index in [9.17, 15) is 4.79 Å². The third-order valence-electron chi connectivity index (χ3n) is 5.03. The van der Waals surface area contributed by atoms with Gasteiger partial charge in [0.15, 0.2) is 5.82 Å². The van der Waals surface area contributed by atoms with Crippen molar-refractivity contribution in [1.29, 1.82) is 0 Å². The molecule has 0 spiro atoms. The van der Waals surface area contributed by atoms with Crippen molar-refractivity contribution in [3.8, 4) is 5.82 Å². The number of benzene rings is 1. The first-order valence-electron chi connectivity index (χ1n) is 9.60. The Labute approximate surface area is 183 Å². The standard InChI is InChI=1S/C21H23IN6O/c1-14-12-15(2)28(25-14)20-13-19(23-16(3)24-20)26-8-10-27(11-9-26)21(29)17-6-4-5-7-18(17)22/h4-7,12-13H,8-11H2,1-3H3. The SMILES string of the molecule is Cc1cc(C)n(-c2cc(N3CCN(C(=O)c4ccccc4I)CC3)nc(C)n2)n1. The van der Waals surface area contributed by atoms with Crippen molar-refractivity contribution < 1.29 is 4.79 Å². The number of carbonyl (C=O) groups is 1. The van der Waals surface area contributed by atoms with Crippen LogP contribution in [0, 0.1) is 24.3 Å². The second-order valence-electron chi connectivity index (χ2n) is 7.23. The van der Waals surface area contributed by atoms with Crippen LogP contribution in [0.2, 0.25) is 0 Å². The Morgan fingerprint density at radius 2 is 1.66 bits per heavy atom. The molecule has 0 bridgehead atoms. The minimum atomic E-state index is 0.0943. The Bertz CT molecular complexity index is 1060. The van der Waals surface area contributed by atoms with Gasteiger partial charge in [-0.3, -0.25) is 4.79 Å². The quantitative estimate of drug-likeness (QED) is 0.515. The molecule has 4 rings (SSSR count). The van der Waals surface area contributed by atoms with Crippen LogP contribution in [0.3, 0.4) is 0 Å². The summed E-state index contributed by atoms with van der Waals surface area (Å²) < 4.78 is 2.84. The van der Waals surface area contributed by atoms with Gasteiger partial charge < -0.3 is 9.80 Å². The molecule has 7 nitrogen and oxygen atoms in total. The highest BCUT2D eigenvalue weighted by atomic mass is 127. The zero-order chi connectivity index (χ0) is 20.5. The predicted molar refractivity (Wildman–Crippen MR) is 121 cm³/mol. The van der Waals surface area contributed by atoms with E-state index in [1.807, 2.05) is 66.8 Å². The lowest BCUT2D eigenvalue weighted by Gasteiger charge is -2.35. The van der Waals surface area contributed by atoms with Crippen LogP contribution < -0.4 is 4.90 Å². The van der Waals surface area contributed by atoms with E-state index in [4.69, 9.17) is 0 Å². The molecular formula is C21H23IN6O. The summed E-state index contributed by atoms with van der Waals surface area (Å²) in [6, 6.07) is 11.7. The number of aromatic nitrogens is 4. The van der Waals surface area contributed by atoms with Gasteiger partial charge in [-0.05, 0) is 61.6 Å². The Morgan fingerprint density at radius 3 is 2.31 bits per heavy atom. The van der Waals surface area contributed by atoms with Crippen LogP contribution in [-0.2, 0) is 0 Å². The molecule has 1 aliphatic rings. The van der Waals surface area contributed by atoms with Crippen LogP contribution in [-0.4, -0.2) is 56.7 Å².